The minimum atomic E-state index is -0.0735. The smallest absolute Gasteiger partial charge is 0.119 e. The van der Waals surface area contributed by atoms with Gasteiger partial charge in [-0.2, -0.15) is 5.10 Å². The summed E-state index contributed by atoms with van der Waals surface area (Å²) in [4.78, 5) is 0. The van der Waals surface area contributed by atoms with E-state index in [0.717, 1.165) is 11.4 Å². The third-order valence-corrected chi connectivity index (χ3v) is 2.77. The quantitative estimate of drug-likeness (QED) is 0.900. The second kappa shape index (κ2) is 5.89. The van der Waals surface area contributed by atoms with Gasteiger partial charge in [0.15, 0.2) is 0 Å². The van der Waals surface area contributed by atoms with Crippen LogP contribution < -0.4 is 10.5 Å². The highest BCUT2D eigenvalue weighted by Gasteiger charge is 2.07. The van der Waals surface area contributed by atoms with E-state index in [1.54, 1.807) is 16.8 Å². The normalized spacial score (nSPS) is 12.4. The molecule has 2 aromatic rings. The Morgan fingerprint density at radius 2 is 2.06 bits per heavy atom. The molecule has 1 aromatic heterocycles. The molecule has 1 atom stereocenters. The number of rotatable bonds is 5. The van der Waals surface area contributed by atoms with E-state index in [1.807, 2.05) is 31.4 Å². The molecule has 4 nitrogen and oxygen atoms in total. The minimum Gasteiger partial charge on any atom is -0.492 e. The van der Waals surface area contributed by atoms with E-state index in [2.05, 4.69) is 5.10 Å². The van der Waals surface area contributed by atoms with Gasteiger partial charge in [0.2, 0.25) is 0 Å². The number of ether oxygens (including phenoxy) is 1. The average Bonchev–Trinajstić information content (AvgIpc) is 2.74. The largest absolute Gasteiger partial charge is 0.492 e. The molecule has 18 heavy (non-hydrogen) atoms. The standard InChI is InChI=1S/C13H16ClN3O/c1-17-7-6-12(16-17)8-11(15)9-18-13-4-2-10(14)3-5-13/h2-7,11H,8-9,15H2,1H3. The van der Waals surface area contributed by atoms with Crippen molar-refractivity contribution < 1.29 is 4.74 Å². The fourth-order valence-corrected chi connectivity index (χ4v) is 1.76. The SMILES string of the molecule is Cn1ccc(CC(N)COc2ccc(Cl)cc2)n1. The summed E-state index contributed by atoms with van der Waals surface area (Å²) in [5, 5.41) is 4.98. The second-order valence-electron chi connectivity index (χ2n) is 4.21. The molecule has 2 rings (SSSR count). The van der Waals surface area contributed by atoms with Gasteiger partial charge in [0.1, 0.15) is 12.4 Å². The minimum absolute atomic E-state index is 0.0735. The van der Waals surface area contributed by atoms with Crippen molar-refractivity contribution in [1.82, 2.24) is 9.78 Å². The predicted octanol–water partition coefficient (Wildman–Crippen LogP) is 2.02. The van der Waals surface area contributed by atoms with Gasteiger partial charge >= 0.3 is 0 Å². The van der Waals surface area contributed by atoms with Crippen molar-refractivity contribution in [2.24, 2.45) is 12.8 Å². The van der Waals surface area contributed by atoms with Gasteiger partial charge in [-0.15, -0.1) is 0 Å². The highest BCUT2D eigenvalue weighted by atomic mass is 35.5. The molecule has 1 aromatic carbocycles. The van der Waals surface area contributed by atoms with Crippen LogP contribution in [0.2, 0.25) is 5.02 Å². The second-order valence-corrected chi connectivity index (χ2v) is 4.65. The monoisotopic (exact) mass is 265 g/mol. The fourth-order valence-electron chi connectivity index (χ4n) is 1.63. The molecule has 0 saturated heterocycles. The van der Waals surface area contributed by atoms with E-state index >= 15 is 0 Å². The lowest BCUT2D eigenvalue weighted by atomic mass is 10.2. The van der Waals surface area contributed by atoms with Gasteiger partial charge in [-0.05, 0) is 30.3 Å². The van der Waals surface area contributed by atoms with Gasteiger partial charge in [0.25, 0.3) is 0 Å². The molecule has 0 aliphatic carbocycles. The summed E-state index contributed by atoms with van der Waals surface area (Å²) >= 11 is 5.79. The molecule has 0 radical (unpaired) electrons. The third-order valence-electron chi connectivity index (χ3n) is 2.52. The van der Waals surface area contributed by atoms with Crippen molar-refractivity contribution >= 4 is 11.6 Å². The third kappa shape index (κ3) is 3.75. The van der Waals surface area contributed by atoms with Crippen LogP contribution in [0.3, 0.4) is 0 Å². The number of nitrogens with zero attached hydrogens (tertiary/aromatic N) is 2. The summed E-state index contributed by atoms with van der Waals surface area (Å²) in [7, 11) is 1.89. The van der Waals surface area contributed by atoms with Gasteiger partial charge in [-0.3, -0.25) is 4.68 Å². The van der Waals surface area contributed by atoms with Gasteiger partial charge in [-0.1, -0.05) is 11.6 Å². The van der Waals surface area contributed by atoms with Gasteiger partial charge in [0.05, 0.1) is 5.69 Å². The van der Waals surface area contributed by atoms with Crippen molar-refractivity contribution in [2.45, 2.75) is 12.5 Å². The molecule has 2 N–H and O–H groups in total. The number of aromatic nitrogens is 2. The van der Waals surface area contributed by atoms with Crippen LogP contribution in [-0.2, 0) is 13.5 Å². The Hall–Kier alpha value is -1.52. The topological polar surface area (TPSA) is 53.1 Å². The Bertz CT molecular complexity index is 495. The molecule has 1 unspecified atom stereocenters. The Balaban J connectivity index is 1.81. The van der Waals surface area contributed by atoms with Gasteiger partial charge in [-0.25, -0.2) is 0 Å². The van der Waals surface area contributed by atoms with Crippen LogP contribution in [0, 0.1) is 0 Å². The summed E-state index contributed by atoms with van der Waals surface area (Å²) in [6.45, 7) is 0.457. The van der Waals surface area contributed by atoms with E-state index in [-0.39, 0.29) is 6.04 Å². The summed E-state index contributed by atoms with van der Waals surface area (Å²) in [6, 6.07) is 9.13. The van der Waals surface area contributed by atoms with Crippen LogP contribution >= 0.6 is 11.6 Å². The van der Waals surface area contributed by atoms with Crippen LogP contribution in [0.5, 0.6) is 5.75 Å². The zero-order chi connectivity index (χ0) is 13.0. The number of benzene rings is 1. The fraction of sp³-hybridized carbons (Fsp3) is 0.308. The van der Waals surface area contributed by atoms with Crippen molar-refractivity contribution in [1.29, 1.82) is 0 Å². The van der Waals surface area contributed by atoms with E-state index < -0.39 is 0 Å². The number of halogens is 1. The first-order chi connectivity index (χ1) is 8.63. The number of nitrogens with two attached hydrogens (primary N) is 1. The van der Waals surface area contributed by atoms with E-state index in [4.69, 9.17) is 22.1 Å². The zero-order valence-corrected chi connectivity index (χ0v) is 11.0. The van der Waals surface area contributed by atoms with Crippen LogP contribution in [0.25, 0.3) is 0 Å². The molecule has 0 amide bonds. The molecule has 0 bridgehead atoms. The van der Waals surface area contributed by atoms with Crippen LogP contribution in [0.15, 0.2) is 36.5 Å². The summed E-state index contributed by atoms with van der Waals surface area (Å²) in [5.74, 6) is 0.774. The van der Waals surface area contributed by atoms with Gasteiger partial charge < -0.3 is 10.5 Å². The molecule has 0 saturated carbocycles. The molecular formula is C13H16ClN3O. The molecule has 5 heteroatoms. The van der Waals surface area contributed by atoms with Crippen LogP contribution in [0.1, 0.15) is 5.69 Å². The van der Waals surface area contributed by atoms with Crippen LogP contribution in [-0.4, -0.2) is 22.4 Å². The lowest BCUT2D eigenvalue weighted by Crippen LogP contribution is -2.30. The Morgan fingerprint density at radius 1 is 1.33 bits per heavy atom. The Morgan fingerprint density at radius 3 is 2.67 bits per heavy atom. The Kier molecular flexibility index (Phi) is 4.23. The number of hydrogen-bond acceptors (Lipinski definition) is 3. The lowest BCUT2D eigenvalue weighted by molar-refractivity contribution is 0.287. The first kappa shape index (κ1) is 12.9. The first-order valence-electron chi connectivity index (χ1n) is 5.76. The van der Waals surface area contributed by atoms with E-state index in [1.165, 1.54) is 0 Å². The summed E-state index contributed by atoms with van der Waals surface area (Å²) in [6.07, 6.45) is 2.61. The molecule has 0 spiro atoms. The molecule has 0 fully saturated rings. The number of aryl methyl sites for hydroxylation is 1. The maximum Gasteiger partial charge on any atom is 0.119 e. The van der Waals surface area contributed by atoms with E-state index in [0.29, 0.717) is 18.1 Å². The van der Waals surface area contributed by atoms with Crippen molar-refractivity contribution in [2.75, 3.05) is 6.61 Å². The van der Waals surface area contributed by atoms with Crippen molar-refractivity contribution in [3.05, 3.63) is 47.2 Å². The highest BCUT2D eigenvalue weighted by Crippen LogP contribution is 2.15. The summed E-state index contributed by atoms with van der Waals surface area (Å²) < 4.78 is 7.35. The summed E-state index contributed by atoms with van der Waals surface area (Å²) in [5.41, 5.74) is 6.97. The van der Waals surface area contributed by atoms with Crippen molar-refractivity contribution in [3.8, 4) is 5.75 Å². The molecule has 96 valence electrons. The lowest BCUT2D eigenvalue weighted by Gasteiger charge is -2.12. The molecule has 1 heterocycles. The predicted molar refractivity (Wildman–Crippen MR) is 71.8 cm³/mol. The molecule has 0 aliphatic rings. The van der Waals surface area contributed by atoms with Gasteiger partial charge in [0, 0.05) is 30.7 Å². The average molecular weight is 266 g/mol. The number of hydrogen-bond donors (Lipinski definition) is 1. The maximum atomic E-state index is 5.99. The zero-order valence-electron chi connectivity index (χ0n) is 10.2. The van der Waals surface area contributed by atoms with Crippen LogP contribution in [0.4, 0.5) is 0 Å². The molecular weight excluding hydrogens is 250 g/mol. The maximum absolute atomic E-state index is 5.99. The molecule has 0 aliphatic heterocycles. The highest BCUT2D eigenvalue weighted by molar-refractivity contribution is 6.30. The van der Waals surface area contributed by atoms with E-state index in [9.17, 15) is 0 Å². The van der Waals surface area contributed by atoms with Crippen molar-refractivity contribution in [3.63, 3.8) is 0 Å². The Labute approximate surface area is 111 Å². The first-order valence-corrected chi connectivity index (χ1v) is 6.14.